The zero-order valence-corrected chi connectivity index (χ0v) is 10.6. The molecule has 0 atom stereocenters. The molecule has 2 nitrogen and oxygen atoms in total. The maximum absolute atomic E-state index is 9.54. The Balaban J connectivity index is 2.35. The number of aliphatic hydroxyl groups is 1. The second-order valence-electron chi connectivity index (χ2n) is 4.31. The van der Waals surface area contributed by atoms with Gasteiger partial charge in [0.05, 0.1) is 6.61 Å². The fraction of sp³-hybridized carbons (Fsp3) is 0.250. The van der Waals surface area contributed by atoms with Crippen molar-refractivity contribution < 1.29 is 9.84 Å². The quantitative estimate of drug-likeness (QED) is 0.810. The van der Waals surface area contributed by atoms with E-state index in [1.165, 1.54) is 0 Å². The molecule has 0 aliphatic carbocycles. The standard InChI is InChI=1S/C16H18O2/c1-3-12(2)11-18-16-9-8-13-6-4-5-7-14(13)15(16)10-17/h4-9,17H,2-3,10-11H2,1H3. The number of rotatable bonds is 5. The van der Waals surface area contributed by atoms with Gasteiger partial charge in [0, 0.05) is 5.56 Å². The zero-order valence-electron chi connectivity index (χ0n) is 10.6. The van der Waals surface area contributed by atoms with Crippen molar-refractivity contribution in [2.45, 2.75) is 20.0 Å². The van der Waals surface area contributed by atoms with Gasteiger partial charge in [-0.05, 0) is 28.8 Å². The molecule has 0 saturated carbocycles. The van der Waals surface area contributed by atoms with Gasteiger partial charge in [-0.1, -0.05) is 43.8 Å². The monoisotopic (exact) mass is 242 g/mol. The van der Waals surface area contributed by atoms with Gasteiger partial charge in [0.15, 0.2) is 0 Å². The minimum Gasteiger partial charge on any atom is -0.489 e. The van der Waals surface area contributed by atoms with Gasteiger partial charge in [-0.3, -0.25) is 0 Å². The Morgan fingerprint density at radius 3 is 2.72 bits per heavy atom. The van der Waals surface area contributed by atoms with Crippen LogP contribution in [-0.4, -0.2) is 11.7 Å². The predicted octanol–water partition coefficient (Wildman–Crippen LogP) is 3.68. The topological polar surface area (TPSA) is 29.5 Å². The molecule has 0 aromatic heterocycles. The van der Waals surface area contributed by atoms with Gasteiger partial charge in [0.25, 0.3) is 0 Å². The molecule has 1 N–H and O–H groups in total. The Morgan fingerprint density at radius 1 is 1.22 bits per heavy atom. The summed E-state index contributed by atoms with van der Waals surface area (Å²) in [4.78, 5) is 0. The number of aliphatic hydroxyl groups excluding tert-OH is 1. The lowest BCUT2D eigenvalue weighted by atomic mass is 10.0. The highest BCUT2D eigenvalue weighted by molar-refractivity contribution is 5.87. The maximum Gasteiger partial charge on any atom is 0.125 e. The second-order valence-corrected chi connectivity index (χ2v) is 4.31. The van der Waals surface area contributed by atoms with Crippen LogP contribution in [0.25, 0.3) is 10.8 Å². The van der Waals surface area contributed by atoms with Crippen LogP contribution >= 0.6 is 0 Å². The van der Waals surface area contributed by atoms with Crippen LogP contribution in [0.3, 0.4) is 0 Å². The summed E-state index contributed by atoms with van der Waals surface area (Å²) in [5, 5.41) is 11.7. The van der Waals surface area contributed by atoms with E-state index in [9.17, 15) is 5.11 Å². The van der Waals surface area contributed by atoms with Crippen LogP contribution in [0.2, 0.25) is 0 Å². The van der Waals surface area contributed by atoms with Crippen molar-refractivity contribution in [1.29, 1.82) is 0 Å². The third kappa shape index (κ3) is 2.54. The van der Waals surface area contributed by atoms with E-state index in [4.69, 9.17) is 4.74 Å². The molecule has 0 unspecified atom stereocenters. The SMILES string of the molecule is C=C(CC)COc1ccc2ccccc2c1CO. The first-order valence-electron chi connectivity index (χ1n) is 6.17. The number of benzene rings is 2. The lowest BCUT2D eigenvalue weighted by Gasteiger charge is -2.13. The van der Waals surface area contributed by atoms with E-state index < -0.39 is 0 Å². The molecule has 2 aromatic rings. The summed E-state index contributed by atoms with van der Waals surface area (Å²) in [6, 6.07) is 11.9. The average molecular weight is 242 g/mol. The van der Waals surface area contributed by atoms with Gasteiger partial charge in [-0.2, -0.15) is 0 Å². The van der Waals surface area contributed by atoms with Gasteiger partial charge in [-0.25, -0.2) is 0 Å². The highest BCUT2D eigenvalue weighted by atomic mass is 16.5. The van der Waals surface area contributed by atoms with Crippen molar-refractivity contribution in [2.75, 3.05) is 6.61 Å². The minimum absolute atomic E-state index is 0.0186. The van der Waals surface area contributed by atoms with Crippen LogP contribution in [0.1, 0.15) is 18.9 Å². The summed E-state index contributed by atoms with van der Waals surface area (Å²) in [5.74, 6) is 0.741. The fourth-order valence-corrected chi connectivity index (χ4v) is 1.90. The summed E-state index contributed by atoms with van der Waals surface area (Å²) in [6.45, 7) is 6.46. The summed E-state index contributed by atoms with van der Waals surface area (Å²) in [5.41, 5.74) is 1.89. The molecule has 2 rings (SSSR count). The molecule has 0 fully saturated rings. The number of hydrogen-bond donors (Lipinski definition) is 1. The number of hydrogen-bond acceptors (Lipinski definition) is 2. The van der Waals surface area contributed by atoms with Crippen molar-refractivity contribution in [3.8, 4) is 5.75 Å². The third-order valence-electron chi connectivity index (χ3n) is 3.09. The molecule has 18 heavy (non-hydrogen) atoms. The number of fused-ring (bicyclic) bond motifs is 1. The second kappa shape index (κ2) is 5.69. The van der Waals surface area contributed by atoms with Gasteiger partial charge < -0.3 is 9.84 Å². The van der Waals surface area contributed by atoms with Gasteiger partial charge in [0.1, 0.15) is 12.4 Å². The Kier molecular flexibility index (Phi) is 4.00. The van der Waals surface area contributed by atoms with Crippen molar-refractivity contribution >= 4 is 10.8 Å². The number of ether oxygens (including phenoxy) is 1. The van der Waals surface area contributed by atoms with Crippen LogP contribution in [0.15, 0.2) is 48.6 Å². The van der Waals surface area contributed by atoms with E-state index in [1.807, 2.05) is 36.4 Å². The lowest BCUT2D eigenvalue weighted by molar-refractivity contribution is 0.270. The van der Waals surface area contributed by atoms with Crippen LogP contribution < -0.4 is 4.74 Å². The van der Waals surface area contributed by atoms with E-state index in [1.54, 1.807) is 0 Å². The third-order valence-corrected chi connectivity index (χ3v) is 3.09. The Bertz CT molecular complexity index is 558. The largest absolute Gasteiger partial charge is 0.489 e. The molecule has 0 aliphatic heterocycles. The summed E-state index contributed by atoms with van der Waals surface area (Å²) in [6.07, 6.45) is 0.905. The molecule has 94 valence electrons. The normalized spacial score (nSPS) is 10.6. The Morgan fingerprint density at radius 2 is 2.00 bits per heavy atom. The molecular formula is C16H18O2. The fourth-order valence-electron chi connectivity index (χ4n) is 1.90. The first-order chi connectivity index (χ1) is 8.76. The molecule has 0 heterocycles. The first-order valence-corrected chi connectivity index (χ1v) is 6.17. The minimum atomic E-state index is -0.0186. The Hall–Kier alpha value is -1.80. The van der Waals surface area contributed by atoms with Crippen molar-refractivity contribution in [3.63, 3.8) is 0 Å². The van der Waals surface area contributed by atoms with E-state index in [2.05, 4.69) is 13.5 Å². The molecule has 2 aromatic carbocycles. The van der Waals surface area contributed by atoms with Gasteiger partial charge in [0.2, 0.25) is 0 Å². The van der Waals surface area contributed by atoms with Gasteiger partial charge in [-0.15, -0.1) is 0 Å². The van der Waals surface area contributed by atoms with Crippen LogP contribution in [-0.2, 0) is 6.61 Å². The van der Waals surface area contributed by atoms with Crippen molar-refractivity contribution in [3.05, 3.63) is 54.1 Å². The van der Waals surface area contributed by atoms with E-state index >= 15 is 0 Å². The van der Waals surface area contributed by atoms with E-state index in [-0.39, 0.29) is 6.61 Å². The average Bonchev–Trinajstić information content (AvgIpc) is 2.43. The van der Waals surface area contributed by atoms with E-state index in [0.29, 0.717) is 6.61 Å². The highest BCUT2D eigenvalue weighted by Gasteiger charge is 2.07. The zero-order chi connectivity index (χ0) is 13.0. The molecule has 2 heteroatoms. The lowest BCUT2D eigenvalue weighted by Crippen LogP contribution is -2.02. The molecule has 0 saturated heterocycles. The highest BCUT2D eigenvalue weighted by Crippen LogP contribution is 2.28. The van der Waals surface area contributed by atoms with Crippen LogP contribution in [0.5, 0.6) is 5.75 Å². The van der Waals surface area contributed by atoms with Crippen molar-refractivity contribution in [2.24, 2.45) is 0 Å². The first kappa shape index (κ1) is 12.7. The smallest absolute Gasteiger partial charge is 0.125 e. The molecule has 0 aliphatic rings. The maximum atomic E-state index is 9.54. The van der Waals surface area contributed by atoms with Crippen LogP contribution in [0.4, 0.5) is 0 Å². The van der Waals surface area contributed by atoms with Crippen LogP contribution in [0, 0.1) is 0 Å². The predicted molar refractivity (Wildman–Crippen MR) is 74.8 cm³/mol. The summed E-state index contributed by atoms with van der Waals surface area (Å²) in [7, 11) is 0. The molecule has 0 bridgehead atoms. The van der Waals surface area contributed by atoms with Gasteiger partial charge >= 0.3 is 0 Å². The molecule has 0 radical (unpaired) electrons. The summed E-state index contributed by atoms with van der Waals surface area (Å²) < 4.78 is 5.73. The molecule has 0 spiro atoms. The molecular weight excluding hydrogens is 224 g/mol. The summed E-state index contributed by atoms with van der Waals surface area (Å²) >= 11 is 0. The molecule has 0 amide bonds. The van der Waals surface area contributed by atoms with E-state index in [0.717, 1.165) is 34.1 Å². The van der Waals surface area contributed by atoms with Crippen molar-refractivity contribution in [1.82, 2.24) is 0 Å². The Labute approximate surface area is 108 Å².